The molecule has 112 valence electrons. The highest BCUT2D eigenvalue weighted by Crippen LogP contribution is 2.41. The number of hydrogen-bond donors (Lipinski definition) is 1. The van der Waals surface area contributed by atoms with E-state index >= 15 is 0 Å². The molecule has 0 spiro atoms. The normalized spacial score (nSPS) is 37.4. The van der Waals surface area contributed by atoms with Gasteiger partial charge in [-0.05, 0) is 55.9 Å². The first-order valence-electron chi connectivity index (χ1n) is 8.99. The summed E-state index contributed by atoms with van der Waals surface area (Å²) in [4.78, 5) is 0. The molecule has 1 nitrogen and oxygen atoms in total. The molecule has 0 aromatic rings. The Hall–Kier alpha value is -0.0400. The van der Waals surface area contributed by atoms with Crippen molar-refractivity contribution in [2.75, 3.05) is 6.54 Å². The van der Waals surface area contributed by atoms with Crippen LogP contribution in [-0.4, -0.2) is 12.6 Å². The molecule has 0 saturated heterocycles. The van der Waals surface area contributed by atoms with Crippen LogP contribution < -0.4 is 5.32 Å². The fourth-order valence-corrected chi connectivity index (χ4v) is 4.64. The smallest absolute Gasteiger partial charge is 0.0126 e. The van der Waals surface area contributed by atoms with Gasteiger partial charge in [-0.2, -0.15) is 0 Å². The first-order valence-corrected chi connectivity index (χ1v) is 8.99. The van der Waals surface area contributed by atoms with E-state index in [2.05, 4.69) is 26.1 Å². The maximum atomic E-state index is 3.94. The summed E-state index contributed by atoms with van der Waals surface area (Å²) in [6.07, 6.45) is 13.1. The lowest BCUT2D eigenvalue weighted by Crippen LogP contribution is -2.44. The quantitative estimate of drug-likeness (QED) is 0.712. The van der Waals surface area contributed by atoms with Crippen LogP contribution in [0.5, 0.6) is 0 Å². The van der Waals surface area contributed by atoms with E-state index in [4.69, 9.17) is 0 Å². The summed E-state index contributed by atoms with van der Waals surface area (Å²) in [5.41, 5.74) is 0. The van der Waals surface area contributed by atoms with E-state index in [0.29, 0.717) is 0 Å². The van der Waals surface area contributed by atoms with E-state index in [9.17, 15) is 0 Å². The highest BCUT2D eigenvalue weighted by atomic mass is 14.9. The van der Waals surface area contributed by atoms with Crippen molar-refractivity contribution in [2.24, 2.45) is 23.7 Å². The zero-order chi connectivity index (χ0) is 13.7. The summed E-state index contributed by atoms with van der Waals surface area (Å²) in [6.45, 7) is 8.39. The summed E-state index contributed by atoms with van der Waals surface area (Å²) in [5, 5.41) is 3.94. The summed E-state index contributed by atoms with van der Waals surface area (Å²) >= 11 is 0. The molecule has 0 bridgehead atoms. The fraction of sp³-hybridized carbons (Fsp3) is 1.00. The highest BCUT2D eigenvalue weighted by molar-refractivity contribution is 4.91. The third kappa shape index (κ3) is 3.97. The van der Waals surface area contributed by atoms with Crippen molar-refractivity contribution in [1.29, 1.82) is 0 Å². The minimum atomic E-state index is 0.829. The Kier molecular flexibility index (Phi) is 6.19. The van der Waals surface area contributed by atoms with Gasteiger partial charge < -0.3 is 5.32 Å². The Morgan fingerprint density at radius 3 is 2.26 bits per heavy atom. The van der Waals surface area contributed by atoms with E-state index in [1.54, 1.807) is 0 Å². The number of rotatable bonds is 6. The van der Waals surface area contributed by atoms with Gasteiger partial charge in [0.2, 0.25) is 0 Å². The second-order valence-corrected chi connectivity index (χ2v) is 7.24. The largest absolute Gasteiger partial charge is 0.313 e. The van der Waals surface area contributed by atoms with Crippen LogP contribution in [-0.2, 0) is 0 Å². The zero-order valence-electron chi connectivity index (χ0n) is 13.5. The minimum Gasteiger partial charge on any atom is -0.313 e. The molecule has 1 heteroatoms. The molecular formula is C18H35N. The van der Waals surface area contributed by atoms with Crippen molar-refractivity contribution in [1.82, 2.24) is 5.32 Å². The van der Waals surface area contributed by atoms with Crippen molar-refractivity contribution in [3.63, 3.8) is 0 Å². The molecular weight excluding hydrogens is 230 g/mol. The van der Waals surface area contributed by atoms with Crippen molar-refractivity contribution < 1.29 is 0 Å². The first kappa shape index (κ1) is 15.4. The minimum absolute atomic E-state index is 0.829. The second kappa shape index (κ2) is 7.67. The molecule has 0 amide bonds. The summed E-state index contributed by atoms with van der Waals surface area (Å²) in [7, 11) is 0. The molecule has 0 aromatic heterocycles. The van der Waals surface area contributed by atoms with Gasteiger partial charge in [0.15, 0.2) is 0 Å². The molecule has 3 unspecified atom stereocenters. The van der Waals surface area contributed by atoms with Gasteiger partial charge in [-0.25, -0.2) is 0 Å². The first-order chi connectivity index (χ1) is 9.26. The van der Waals surface area contributed by atoms with E-state index < -0.39 is 0 Å². The van der Waals surface area contributed by atoms with Crippen LogP contribution in [0, 0.1) is 23.7 Å². The molecule has 3 atom stereocenters. The van der Waals surface area contributed by atoms with Gasteiger partial charge in [0, 0.05) is 6.04 Å². The van der Waals surface area contributed by atoms with Gasteiger partial charge in [0.1, 0.15) is 0 Å². The van der Waals surface area contributed by atoms with Crippen LogP contribution in [0.3, 0.4) is 0 Å². The molecule has 2 saturated carbocycles. The van der Waals surface area contributed by atoms with E-state index in [0.717, 1.165) is 29.7 Å². The Labute approximate surface area is 120 Å². The number of nitrogens with one attached hydrogen (secondary N) is 1. The van der Waals surface area contributed by atoms with E-state index in [1.165, 1.54) is 64.3 Å². The zero-order valence-corrected chi connectivity index (χ0v) is 13.5. The van der Waals surface area contributed by atoms with Crippen molar-refractivity contribution in [3.05, 3.63) is 0 Å². The third-order valence-electron chi connectivity index (χ3n) is 6.00. The SMILES string of the molecule is CCCNC(C1CCC(CC)CC1)C1CCCC1C. The molecule has 0 radical (unpaired) electrons. The van der Waals surface area contributed by atoms with Crippen LogP contribution in [0.15, 0.2) is 0 Å². The van der Waals surface area contributed by atoms with Crippen LogP contribution in [0.4, 0.5) is 0 Å². The highest BCUT2D eigenvalue weighted by Gasteiger charge is 2.36. The Morgan fingerprint density at radius 1 is 1.00 bits per heavy atom. The molecule has 19 heavy (non-hydrogen) atoms. The Balaban J connectivity index is 1.93. The third-order valence-corrected chi connectivity index (χ3v) is 6.00. The predicted molar refractivity (Wildman–Crippen MR) is 84.3 cm³/mol. The average molecular weight is 265 g/mol. The van der Waals surface area contributed by atoms with Crippen LogP contribution >= 0.6 is 0 Å². The van der Waals surface area contributed by atoms with E-state index in [-0.39, 0.29) is 0 Å². The lowest BCUT2D eigenvalue weighted by atomic mass is 9.72. The van der Waals surface area contributed by atoms with Crippen LogP contribution in [0.25, 0.3) is 0 Å². The topological polar surface area (TPSA) is 12.0 Å². The van der Waals surface area contributed by atoms with Crippen molar-refractivity contribution >= 4 is 0 Å². The molecule has 2 aliphatic rings. The van der Waals surface area contributed by atoms with Gasteiger partial charge in [-0.15, -0.1) is 0 Å². The summed E-state index contributed by atoms with van der Waals surface area (Å²) < 4.78 is 0. The Morgan fingerprint density at radius 2 is 1.74 bits per heavy atom. The van der Waals surface area contributed by atoms with Gasteiger partial charge in [0.25, 0.3) is 0 Å². The standard InChI is InChI=1S/C18H35N/c1-4-13-19-18(17-8-6-7-14(17)3)16-11-9-15(5-2)10-12-16/h14-19H,4-13H2,1-3H3. The van der Waals surface area contributed by atoms with E-state index in [1.807, 2.05) is 0 Å². The predicted octanol–water partition coefficient (Wildman–Crippen LogP) is 5.01. The van der Waals surface area contributed by atoms with Crippen molar-refractivity contribution in [2.45, 2.75) is 84.6 Å². The van der Waals surface area contributed by atoms with Gasteiger partial charge in [-0.1, -0.05) is 52.9 Å². The Bertz CT molecular complexity index is 242. The summed E-state index contributed by atoms with van der Waals surface area (Å²) in [5.74, 6) is 3.93. The van der Waals surface area contributed by atoms with Crippen LogP contribution in [0.2, 0.25) is 0 Å². The molecule has 2 aliphatic carbocycles. The second-order valence-electron chi connectivity index (χ2n) is 7.24. The molecule has 2 fully saturated rings. The lowest BCUT2D eigenvalue weighted by Gasteiger charge is -2.39. The molecule has 0 aromatic carbocycles. The number of hydrogen-bond acceptors (Lipinski definition) is 1. The molecule has 2 rings (SSSR count). The monoisotopic (exact) mass is 265 g/mol. The summed E-state index contributed by atoms with van der Waals surface area (Å²) in [6, 6.07) is 0.829. The fourth-order valence-electron chi connectivity index (χ4n) is 4.64. The molecule has 0 heterocycles. The molecule has 0 aliphatic heterocycles. The molecule has 1 N–H and O–H groups in total. The van der Waals surface area contributed by atoms with Gasteiger partial charge in [0.05, 0.1) is 0 Å². The van der Waals surface area contributed by atoms with Gasteiger partial charge >= 0.3 is 0 Å². The van der Waals surface area contributed by atoms with Crippen molar-refractivity contribution in [3.8, 4) is 0 Å². The van der Waals surface area contributed by atoms with Gasteiger partial charge in [-0.3, -0.25) is 0 Å². The average Bonchev–Trinajstić information content (AvgIpc) is 2.86. The maximum Gasteiger partial charge on any atom is 0.0126 e. The lowest BCUT2D eigenvalue weighted by molar-refractivity contribution is 0.158. The maximum absolute atomic E-state index is 3.94. The van der Waals surface area contributed by atoms with Crippen LogP contribution in [0.1, 0.15) is 78.6 Å².